The Kier molecular flexibility index (Phi) is 3.18. The summed E-state index contributed by atoms with van der Waals surface area (Å²) in [5.41, 5.74) is 1.05. The van der Waals surface area contributed by atoms with Gasteiger partial charge in [0.15, 0.2) is 0 Å². The molecule has 0 aliphatic carbocycles. The van der Waals surface area contributed by atoms with E-state index in [2.05, 4.69) is 36.0 Å². The Morgan fingerprint density at radius 1 is 1.25 bits per heavy atom. The van der Waals surface area contributed by atoms with Gasteiger partial charge in [-0.05, 0) is 30.5 Å². The molecular weight excluding hydrogens is 252 g/mol. The number of aromatic amines is 1. The van der Waals surface area contributed by atoms with Crippen molar-refractivity contribution in [2.24, 2.45) is 0 Å². The van der Waals surface area contributed by atoms with Crippen LogP contribution in [0.15, 0.2) is 30.5 Å². The van der Waals surface area contributed by atoms with Crippen LogP contribution in [-0.2, 0) is 6.54 Å². The Hall–Kier alpha value is -2.30. The molecule has 5 nitrogen and oxygen atoms in total. The van der Waals surface area contributed by atoms with E-state index >= 15 is 0 Å². The van der Waals surface area contributed by atoms with Crippen LogP contribution >= 0.6 is 0 Å². The maximum absolute atomic E-state index is 5.88. The number of benzene rings is 1. The predicted octanol–water partition coefficient (Wildman–Crippen LogP) is 3.70. The minimum atomic E-state index is 0.325. The van der Waals surface area contributed by atoms with Crippen LogP contribution in [0.3, 0.4) is 0 Å². The van der Waals surface area contributed by atoms with Crippen molar-refractivity contribution in [2.45, 2.75) is 33.2 Å². The van der Waals surface area contributed by atoms with Crippen LogP contribution in [0.5, 0.6) is 11.8 Å². The molecule has 3 rings (SSSR count). The standard InChI is InChI=1S/C15H18N4O/c1-4-19-14(10(2)3)17-18-15(19)20-12-6-5-11-7-8-16-13(11)9-12/h5-10,16H,4H2,1-3H3. The second-order valence-electron chi connectivity index (χ2n) is 5.07. The minimum Gasteiger partial charge on any atom is -0.424 e. The fourth-order valence-corrected chi connectivity index (χ4v) is 2.30. The normalized spacial score (nSPS) is 11.4. The second-order valence-corrected chi connectivity index (χ2v) is 5.07. The lowest BCUT2D eigenvalue weighted by Crippen LogP contribution is -2.05. The molecule has 0 amide bonds. The van der Waals surface area contributed by atoms with Gasteiger partial charge in [-0.1, -0.05) is 18.9 Å². The van der Waals surface area contributed by atoms with Crippen molar-refractivity contribution in [3.63, 3.8) is 0 Å². The summed E-state index contributed by atoms with van der Waals surface area (Å²) in [4.78, 5) is 3.17. The molecule has 20 heavy (non-hydrogen) atoms. The van der Waals surface area contributed by atoms with Crippen molar-refractivity contribution in [1.29, 1.82) is 0 Å². The monoisotopic (exact) mass is 270 g/mol. The molecule has 0 bridgehead atoms. The fourth-order valence-electron chi connectivity index (χ4n) is 2.30. The van der Waals surface area contributed by atoms with Crippen LogP contribution in [0.1, 0.15) is 32.5 Å². The molecular formula is C15H18N4O. The maximum Gasteiger partial charge on any atom is 0.322 e. The molecule has 104 valence electrons. The van der Waals surface area contributed by atoms with E-state index in [-0.39, 0.29) is 0 Å². The molecule has 1 aromatic carbocycles. The number of fused-ring (bicyclic) bond motifs is 1. The highest BCUT2D eigenvalue weighted by atomic mass is 16.5. The fraction of sp³-hybridized carbons (Fsp3) is 0.333. The lowest BCUT2D eigenvalue weighted by molar-refractivity contribution is 0.410. The Morgan fingerprint density at radius 3 is 2.85 bits per heavy atom. The van der Waals surface area contributed by atoms with Crippen molar-refractivity contribution in [1.82, 2.24) is 19.7 Å². The first-order valence-corrected chi connectivity index (χ1v) is 6.87. The summed E-state index contributed by atoms with van der Waals surface area (Å²) >= 11 is 0. The van der Waals surface area contributed by atoms with Gasteiger partial charge < -0.3 is 9.72 Å². The highest BCUT2D eigenvalue weighted by Crippen LogP contribution is 2.26. The lowest BCUT2D eigenvalue weighted by Gasteiger charge is -2.10. The zero-order valence-electron chi connectivity index (χ0n) is 11.9. The molecule has 0 spiro atoms. The Balaban J connectivity index is 1.93. The predicted molar refractivity (Wildman–Crippen MR) is 78.2 cm³/mol. The van der Waals surface area contributed by atoms with Crippen LogP contribution in [0, 0.1) is 0 Å². The van der Waals surface area contributed by atoms with Crippen molar-refractivity contribution < 1.29 is 4.74 Å². The van der Waals surface area contributed by atoms with Crippen molar-refractivity contribution in [2.75, 3.05) is 0 Å². The van der Waals surface area contributed by atoms with Gasteiger partial charge in [-0.3, -0.25) is 4.57 Å². The first kappa shape index (κ1) is 12.7. The average molecular weight is 270 g/mol. The molecule has 0 aliphatic rings. The van der Waals surface area contributed by atoms with Gasteiger partial charge >= 0.3 is 6.01 Å². The van der Waals surface area contributed by atoms with Gasteiger partial charge in [-0.2, -0.15) is 0 Å². The van der Waals surface area contributed by atoms with E-state index in [1.54, 1.807) is 0 Å². The third kappa shape index (κ3) is 2.15. The molecule has 1 N–H and O–H groups in total. The van der Waals surface area contributed by atoms with Gasteiger partial charge in [0.25, 0.3) is 0 Å². The molecule has 3 aromatic rings. The molecule has 0 radical (unpaired) electrons. The van der Waals surface area contributed by atoms with E-state index < -0.39 is 0 Å². The molecule has 2 aromatic heterocycles. The van der Waals surface area contributed by atoms with Crippen molar-refractivity contribution in [3.05, 3.63) is 36.3 Å². The van der Waals surface area contributed by atoms with Gasteiger partial charge in [-0.15, -0.1) is 5.10 Å². The summed E-state index contributed by atoms with van der Waals surface area (Å²) in [6.07, 6.45) is 1.92. The molecule has 0 aliphatic heterocycles. The highest BCUT2D eigenvalue weighted by Gasteiger charge is 2.15. The number of rotatable bonds is 4. The number of hydrogen-bond donors (Lipinski definition) is 1. The third-order valence-electron chi connectivity index (χ3n) is 3.31. The zero-order chi connectivity index (χ0) is 14.1. The number of ether oxygens (including phenoxy) is 1. The van der Waals surface area contributed by atoms with Crippen LogP contribution in [0.2, 0.25) is 0 Å². The zero-order valence-corrected chi connectivity index (χ0v) is 11.9. The van der Waals surface area contributed by atoms with E-state index in [1.807, 2.05) is 35.0 Å². The molecule has 5 heteroatoms. The number of nitrogens with zero attached hydrogens (tertiary/aromatic N) is 3. The number of hydrogen-bond acceptors (Lipinski definition) is 3. The first-order chi connectivity index (χ1) is 9.69. The highest BCUT2D eigenvalue weighted by molar-refractivity contribution is 5.80. The number of aromatic nitrogens is 4. The van der Waals surface area contributed by atoms with Crippen molar-refractivity contribution in [3.8, 4) is 11.8 Å². The van der Waals surface area contributed by atoms with Crippen molar-refractivity contribution >= 4 is 10.9 Å². The quantitative estimate of drug-likeness (QED) is 0.786. The Morgan fingerprint density at radius 2 is 2.10 bits per heavy atom. The summed E-state index contributed by atoms with van der Waals surface area (Å²) in [6, 6.07) is 8.52. The van der Waals surface area contributed by atoms with Crippen LogP contribution in [0.25, 0.3) is 10.9 Å². The number of nitrogens with one attached hydrogen (secondary N) is 1. The third-order valence-corrected chi connectivity index (χ3v) is 3.31. The van der Waals surface area contributed by atoms with E-state index in [1.165, 1.54) is 0 Å². The second kappa shape index (κ2) is 5.00. The summed E-state index contributed by atoms with van der Waals surface area (Å²) in [7, 11) is 0. The molecule has 2 heterocycles. The smallest absolute Gasteiger partial charge is 0.322 e. The largest absolute Gasteiger partial charge is 0.424 e. The van der Waals surface area contributed by atoms with E-state index in [0.29, 0.717) is 11.9 Å². The molecule has 0 unspecified atom stereocenters. The summed E-state index contributed by atoms with van der Waals surface area (Å²) < 4.78 is 7.88. The van der Waals surface area contributed by atoms with E-state index in [9.17, 15) is 0 Å². The molecule has 0 fully saturated rings. The number of H-pyrrole nitrogens is 1. The van der Waals surface area contributed by atoms with Gasteiger partial charge in [0.1, 0.15) is 11.6 Å². The Labute approximate surface area is 117 Å². The Bertz CT molecular complexity index is 726. The van der Waals surface area contributed by atoms with Gasteiger partial charge in [0, 0.05) is 30.2 Å². The lowest BCUT2D eigenvalue weighted by atomic mass is 10.2. The molecule has 0 saturated carbocycles. The minimum absolute atomic E-state index is 0.325. The van der Waals surface area contributed by atoms with Crippen LogP contribution in [-0.4, -0.2) is 19.7 Å². The summed E-state index contributed by atoms with van der Waals surface area (Å²) in [5.74, 6) is 2.03. The van der Waals surface area contributed by atoms with Gasteiger partial charge in [-0.25, -0.2) is 0 Å². The maximum atomic E-state index is 5.88. The average Bonchev–Trinajstić information content (AvgIpc) is 3.04. The van der Waals surface area contributed by atoms with E-state index in [4.69, 9.17) is 4.74 Å². The van der Waals surface area contributed by atoms with Gasteiger partial charge in [0.05, 0.1) is 0 Å². The van der Waals surface area contributed by atoms with Gasteiger partial charge in [0.2, 0.25) is 0 Å². The molecule has 0 atom stereocenters. The summed E-state index contributed by atoms with van der Waals surface area (Å²) in [5, 5.41) is 9.53. The van der Waals surface area contributed by atoms with Crippen LogP contribution < -0.4 is 4.74 Å². The van der Waals surface area contributed by atoms with E-state index in [0.717, 1.165) is 29.0 Å². The topological polar surface area (TPSA) is 55.7 Å². The molecule has 0 saturated heterocycles. The summed E-state index contributed by atoms with van der Waals surface area (Å²) in [6.45, 7) is 7.06. The first-order valence-electron chi connectivity index (χ1n) is 6.87. The SMILES string of the molecule is CCn1c(Oc2ccc3cc[nH]c3c2)nnc1C(C)C. The van der Waals surface area contributed by atoms with Crippen LogP contribution in [0.4, 0.5) is 0 Å².